The van der Waals surface area contributed by atoms with Crippen molar-refractivity contribution in [2.24, 2.45) is 17.6 Å². The minimum atomic E-state index is -0.429. The minimum absolute atomic E-state index is 0.0163. The summed E-state index contributed by atoms with van der Waals surface area (Å²) in [6.45, 7) is 2.15. The standard InChI is InChI=1S/C21H37NO4/c1-3-4-7-10-16(23)13-14-18-17(19(24)15-20(18)26-2)11-8-5-6-9-12-21(22)25/h5,8,13-14,16-20,23-24H,3-4,6-7,9-12,15H2,1-2H3,(H2,22,25). The first-order valence-electron chi connectivity index (χ1n) is 10.00. The second-order valence-corrected chi connectivity index (χ2v) is 7.33. The first kappa shape index (κ1) is 22.9. The van der Waals surface area contributed by atoms with Gasteiger partial charge in [0.15, 0.2) is 0 Å². The maximum Gasteiger partial charge on any atom is 0.217 e. The molecule has 0 bridgehead atoms. The number of nitrogens with two attached hydrogens (primary N) is 1. The largest absolute Gasteiger partial charge is 0.393 e. The Bertz CT molecular complexity index is 449. The van der Waals surface area contributed by atoms with Gasteiger partial charge >= 0.3 is 0 Å². The molecule has 26 heavy (non-hydrogen) atoms. The lowest BCUT2D eigenvalue weighted by Crippen LogP contribution is -2.21. The number of hydrogen-bond acceptors (Lipinski definition) is 4. The van der Waals surface area contributed by atoms with E-state index in [1.165, 1.54) is 0 Å². The molecule has 5 atom stereocenters. The number of carbonyl (C=O) groups is 1. The molecule has 1 aliphatic rings. The molecule has 1 amide bonds. The van der Waals surface area contributed by atoms with Crippen LogP contribution in [0, 0.1) is 11.8 Å². The fraction of sp³-hybridized carbons (Fsp3) is 0.762. The lowest BCUT2D eigenvalue weighted by atomic mass is 9.89. The molecule has 4 N–H and O–H groups in total. The smallest absolute Gasteiger partial charge is 0.217 e. The van der Waals surface area contributed by atoms with Crippen LogP contribution in [0.4, 0.5) is 0 Å². The van der Waals surface area contributed by atoms with E-state index < -0.39 is 12.2 Å². The average Bonchev–Trinajstić information content (AvgIpc) is 2.91. The Morgan fingerprint density at radius 2 is 2.08 bits per heavy atom. The van der Waals surface area contributed by atoms with Gasteiger partial charge in [-0.3, -0.25) is 4.79 Å². The summed E-state index contributed by atoms with van der Waals surface area (Å²) in [5.74, 6) is -0.0761. The van der Waals surface area contributed by atoms with Crippen molar-refractivity contribution in [3.8, 4) is 0 Å². The van der Waals surface area contributed by atoms with Crippen LogP contribution < -0.4 is 5.73 Å². The summed E-state index contributed by atoms with van der Waals surface area (Å²) in [5.41, 5.74) is 5.13. The van der Waals surface area contributed by atoms with Gasteiger partial charge in [-0.2, -0.15) is 0 Å². The van der Waals surface area contributed by atoms with Crippen molar-refractivity contribution >= 4 is 5.91 Å². The molecule has 0 aromatic heterocycles. The highest BCUT2D eigenvalue weighted by Gasteiger charge is 2.40. The molecule has 1 fully saturated rings. The molecule has 0 aliphatic heterocycles. The zero-order valence-corrected chi connectivity index (χ0v) is 16.3. The van der Waals surface area contributed by atoms with Crippen LogP contribution in [0.1, 0.15) is 64.7 Å². The number of aliphatic hydroxyl groups excluding tert-OH is 2. The first-order chi connectivity index (χ1) is 12.5. The van der Waals surface area contributed by atoms with Crippen LogP contribution in [0.2, 0.25) is 0 Å². The topological polar surface area (TPSA) is 92.8 Å². The van der Waals surface area contributed by atoms with Crippen LogP contribution in [-0.2, 0) is 9.53 Å². The Kier molecular flexibility index (Phi) is 11.5. The molecule has 0 spiro atoms. The van der Waals surface area contributed by atoms with E-state index in [2.05, 4.69) is 19.1 Å². The highest BCUT2D eigenvalue weighted by Crippen LogP contribution is 2.38. The Morgan fingerprint density at radius 3 is 2.73 bits per heavy atom. The van der Waals surface area contributed by atoms with Gasteiger partial charge in [-0.05, 0) is 31.6 Å². The predicted molar refractivity (Wildman–Crippen MR) is 104 cm³/mol. The third kappa shape index (κ3) is 8.47. The molecular formula is C21H37NO4. The van der Waals surface area contributed by atoms with Crippen molar-refractivity contribution in [3.05, 3.63) is 24.3 Å². The summed E-state index contributed by atoms with van der Waals surface area (Å²) in [6.07, 6.45) is 14.6. The molecule has 0 heterocycles. The van der Waals surface area contributed by atoms with Crippen LogP contribution in [0.25, 0.3) is 0 Å². The first-order valence-corrected chi connectivity index (χ1v) is 10.00. The molecule has 0 radical (unpaired) electrons. The third-order valence-electron chi connectivity index (χ3n) is 5.22. The van der Waals surface area contributed by atoms with Crippen molar-refractivity contribution in [3.63, 3.8) is 0 Å². The molecule has 5 unspecified atom stereocenters. The number of primary amides is 1. The van der Waals surface area contributed by atoms with E-state index in [4.69, 9.17) is 10.5 Å². The third-order valence-corrected chi connectivity index (χ3v) is 5.22. The molecule has 0 aromatic carbocycles. The summed E-state index contributed by atoms with van der Waals surface area (Å²) < 4.78 is 5.56. The van der Waals surface area contributed by atoms with Gasteiger partial charge in [-0.1, -0.05) is 50.5 Å². The molecule has 5 heteroatoms. The lowest BCUT2D eigenvalue weighted by molar-refractivity contribution is -0.118. The summed E-state index contributed by atoms with van der Waals surface area (Å²) in [4.78, 5) is 10.7. The van der Waals surface area contributed by atoms with E-state index >= 15 is 0 Å². The second kappa shape index (κ2) is 13.1. The molecule has 5 nitrogen and oxygen atoms in total. The monoisotopic (exact) mass is 367 g/mol. The lowest BCUT2D eigenvalue weighted by Gasteiger charge is -2.21. The summed E-state index contributed by atoms with van der Waals surface area (Å²) >= 11 is 0. The fourth-order valence-corrected chi connectivity index (χ4v) is 3.66. The van der Waals surface area contributed by atoms with Crippen molar-refractivity contribution in [2.75, 3.05) is 7.11 Å². The Labute approximate surface area is 158 Å². The van der Waals surface area contributed by atoms with E-state index in [0.29, 0.717) is 12.8 Å². The molecule has 150 valence electrons. The predicted octanol–water partition coefficient (Wildman–Crippen LogP) is 3.10. The average molecular weight is 368 g/mol. The van der Waals surface area contributed by atoms with E-state index in [-0.39, 0.29) is 23.8 Å². The molecular weight excluding hydrogens is 330 g/mol. The Hall–Kier alpha value is -1.17. The molecule has 0 saturated heterocycles. The number of unbranched alkanes of at least 4 members (excludes halogenated alkanes) is 3. The van der Waals surface area contributed by atoms with Crippen LogP contribution in [0.15, 0.2) is 24.3 Å². The van der Waals surface area contributed by atoms with E-state index in [0.717, 1.165) is 44.9 Å². The normalized spacial score (nSPS) is 27.5. The van der Waals surface area contributed by atoms with Gasteiger partial charge < -0.3 is 20.7 Å². The van der Waals surface area contributed by atoms with E-state index in [9.17, 15) is 15.0 Å². The molecule has 0 aromatic rings. The van der Waals surface area contributed by atoms with Gasteiger partial charge in [-0.25, -0.2) is 0 Å². The number of amides is 1. The maximum absolute atomic E-state index is 10.7. The van der Waals surface area contributed by atoms with E-state index in [1.54, 1.807) is 7.11 Å². The SMILES string of the molecule is CCCCCC(O)C=CC1C(OC)CC(O)C1CC=CCCCC(N)=O. The highest BCUT2D eigenvalue weighted by atomic mass is 16.5. The maximum atomic E-state index is 10.7. The van der Waals surface area contributed by atoms with Crippen molar-refractivity contribution < 1.29 is 19.7 Å². The van der Waals surface area contributed by atoms with Crippen LogP contribution in [0.3, 0.4) is 0 Å². The molecule has 1 aliphatic carbocycles. The molecule has 1 saturated carbocycles. The van der Waals surface area contributed by atoms with E-state index in [1.807, 2.05) is 12.2 Å². The number of methoxy groups -OCH3 is 1. The number of rotatable bonds is 13. The molecule has 1 rings (SSSR count). The van der Waals surface area contributed by atoms with Gasteiger partial charge in [0.2, 0.25) is 5.91 Å². The highest BCUT2D eigenvalue weighted by molar-refractivity contribution is 5.73. The quantitative estimate of drug-likeness (QED) is 0.344. The van der Waals surface area contributed by atoms with Gasteiger partial charge in [0.25, 0.3) is 0 Å². The summed E-state index contributed by atoms with van der Waals surface area (Å²) in [5, 5.41) is 20.5. The van der Waals surface area contributed by atoms with Crippen molar-refractivity contribution in [1.29, 1.82) is 0 Å². The zero-order valence-electron chi connectivity index (χ0n) is 16.3. The number of carbonyl (C=O) groups excluding carboxylic acids is 1. The number of ether oxygens (including phenoxy) is 1. The van der Waals surface area contributed by atoms with Crippen LogP contribution in [0.5, 0.6) is 0 Å². The van der Waals surface area contributed by atoms with Gasteiger partial charge in [0, 0.05) is 25.9 Å². The second-order valence-electron chi connectivity index (χ2n) is 7.33. The zero-order chi connectivity index (χ0) is 19.4. The number of allylic oxidation sites excluding steroid dienone is 2. The number of hydrogen-bond donors (Lipinski definition) is 3. The van der Waals surface area contributed by atoms with Gasteiger partial charge in [-0.15, -0.1) is 0 Å². The van der Waals surface area contributed by atoms with Crippen LogP contribution >= 0.6 is 0 Å². The fourth-order valence-electron chi connectivity index (χ4n) is 3.66. The minimum Gasteiger partial charge on any atom is -0.393 e. The van der Waals surface area contributed by atoms with Gasteiger partial charge in [0.05, 0.1) is 18.3 Å². The van der Waals surface area contributed by atoms with Crippen LogP contribution in [-0.4, -0.2) is 41.5 Å². The number of aliphatic hydroxyl groups is 2. The Balaban J connectivity index is 2.54. The summed E-state index contributed by atoms with van der Waals surface area (Å²) in [6, 6.07) is 0. The summed E-state index contributed by atoms with van der Waals surface area (Å²) in [7, 11) is 1.68. The Morgan fingerprint density at radius 1 is 1.31 bits per heavy atom. The van der Waals surface area contributed by atoms with Crippen molar-refractivity contribution in [1.82, 2.24) is 0 Å². The van der Waals surface area contributed by atoms with Crippen molar-refractivity contribution in [2.45, 2.75) is 83.0 Å². The van der Waals surface area contributed by atoms with Gasteiger partial charge in [0.1, 0.15) is 0 Å².